The monoisotopic (exact) mass is 630 g/mol. The van der Waals surface area contributed by atoms with Gasteiger partial charge in [-0.3, -0.25) is 24.0 Å². The molecular formula is C35H46N6O5. The lowest BCUT2D eigenvalue weighted by atomic mass is 9.98. The van der Waals surface area contributed by atoms with Crippen molar-refractivity contribution in [2.45, 2.75) is 89.3 Å². The first-order valence-corrected chi connectivity index (χ1v) is 15.7. The zero-order valence-corrected chi connectivity index (χ0v) is 27.4. The molecule has 2 aromatic carbocycles. The molecule has 4 rings (SSSR count). The van der Waals surface area contributed by atoms with E-state index >= 15 is 0 Å². The van der Waals surface area contributed by atoms with Crippen molar-refractivity contribution in [3.05, 3.63) is 84.1 Å². The standard InChI is InChI=1S/C35H46N6O5/c1-23(17-29-27(36-24(2)42)18-32(44)40(29)21-25-13-9-7-10-14-25)38-35(3,4)34(46)37-28-19-33(45)41(22-26-15-11-8-12-16-26)30(28)20-31(43)39(5)6/h7-16,27-30,38H,1,17-22H2,2-6H3,(H,36,42)(H,37,46)/t27-,28-,29+,30+/m0/s1. The van der Waals surface area contributed by atoms with Crippen LogP contribution in [0.15, 0.2) is 72.9 Å². The van der Waals surface area contributed by atoms with Crippen LogP contribution >= 0.6 is 0 Å². The molecule has 5 amide bonds. The van der Waals surface area contributed by atoms with E-state index in [4.69, 9.17) is 0 Å². The van der Waals surface area contributed by atoms with Gasteiger partial charge in [0.05, 0.1) is 24.2 Å². The van der Waals surface area contributed by atoms with Crippen molar-refractivity contribution in [2.75, 3.05) is 14.1 Å². The molecule has 0 spiro atoms. The van der Waals surface area contributed by atoms with Gasteiger partial charge >= 0.3 is 0 Å². The molecule has 2 aliphatic heterocycles. The van der Waals surface area contributed by atoms with E-state index in [1.54, 1.807) is 37.7 Å². The summed E-state index contributed by atoms with van der Waals surface area (Å²) in [5.41, 5.74) is 1.30. The quantitative estimate of drug-likeness (QED) is 0.312. The molecule has 11 nitrogen and oxygen atoms in total. The third-order valence-corrected chi connectivity index (χ3v) is 8.65. The fourth-order valence-corrected chi connectivity index (χ4v) is 6.23. The van der Waals surface area contributed by atoms with Crippen LogP contribution in [0.2, 0.25) is 0 Å². The lowest BCUT2D eigenvalue weighted by molar-refractivity contribution is -0.133. The van der Waals surface area contributed by atoms with Crippen molar-refractivity contribution in [1.82, 2.24) is 30.7 Å². The predicted molar refractivity (Wildman–Crippen MR) is 175 cm³/mol. The molecular weight excluding hydrogens is 584 g/mol. The minimum Gasteiger partial charge on any atom is -0.375 e. The molecule has 11 heteroatoms. The Hall–Kier alpha value is -4.67. The number of rotatable bonds is 13. The van der Waals surface area contributed by atoms with Gasteiger partial charge in [-0.15, -0.1) is 0 Å². The van der Waals surface area contributed by atoms with E-state index in [0.29, 0.717) is 25.2 Å². The molecule has 246 valence electrons. The van der Waals surface area contributed by atoms with Crippen molar-refractivity contribution >= 4 is 29.5 Å². The number of hydrogen-bond acceptors (Lipinski definition) is 6. The van der Waals surface area contributed by atoms with Crippen LogP contribution in [-0.4, -0.2) is 88.0 Å². The number of carbonyl (C=O) groups is 5. The Morgan fingerprint density at radius 3 is 1.72 bits per heavy atom. The molecule has 0 aromatic heterocycles. The van der Waals surface area contributed by atoms with Gasteiger partial charge in [0.25, 0.3) is 0 Å². The molecule has 0 saturated carbocycles. The highest BCUT2D eigenvalue weighted by atomic mass is 16.2. The van der Waals surface area contributed by atoms with Crippen LogP contribution in [0.1, 0.15) is 57.6 Å². The molecule has 3 N–H and O–H groups in total. The van der Waals surface area contributed by atoms with E-state index in [-0.39, 0.29) is 54.8 Å². The summed E-state index contributed by atoms with van der Waals surface area (Å²) in [4.78, 5) is 69.7. The van der Waals surface area contributed by atoms with E-state index in [0.717, 1.165) is 11.1 Å². The zero-order valence-electron chi connectivity index (χ0n) is 27.4. The second-order valence-electron chi connectivity index (χ2n) is 13.0. The van der Waals surface area contributed by atoms with Gasteiger partial charge in [-0.05, 0) is 25.0 Å². The largest absolute Gasteiger partial charge is 0.375 e. The number of nitrogens with one attached hydrogen (secondary N) is 3. The van der Waals surface area contributed by atoms with Gasteiger partial charge in [0, 0.05) is 65.5 Å². The predicted octanol–water partition coefficient (Wildman–Crippen LogP) is 2.33. The van der Waals surface area contributed by atoms with Gasteiger partial charge in [-0.2, -0.15) is 0 Å². The Kier molecular flexibility index (Phi) is 10.9. The van der Waals surface area contributed by atoms with Gasteiger partial charge in [0.1, 0.15) is 5.54 Å². The maximum Gasteiger partial charge on any atom is 0.245 e. The first-order valence-electron chi connectivity index (χ1n) is 15.7. The molecule has 0 radical (unpaired) electrons. The molecule has 2 heterocycles. The number of hydrogen-bond donors (Lipinski definition) is 3. The van der Waals surface area contributed by atoms with Gasteiger partial charge in [0.2, 0.25) is 29.5 Å². The normalized spacial score (nSPS) is 21.2. The van der Waals surface area contributed by atoms with Crippen molar-refractivity contribution in [1.29, 1.82) is 0 Å². The Labute approximate surface area is 271 Å². The number of carbonyl (C=O) groups excluding carboxylic acids is 5. The van der Waals surface area contributed by atoms with E-state index in [1.165, 1.54) is 11.8 Å². The minimum atomic E-state index is -1.14. The summed E-state index contributed by atoms with van der Waals surface area (Å²) in [6.45, 7) is 9.78. The van der Waals surface area contributed by atoms with Crippen molar-refractivity contribution < 1.29 is 24.0 Å². The second kappa shape index (κ2) is 14.6. The summed E-state index contributed by atoms with van der Waals surface area (Å²) >= 11 is 0. The summed E-state index contributed by atoms with van der Waals surface area (Å²) in [5.74, 6) is -0.909. The van der Waals surface area contributed by atoms with E-state index in [1.807, 2.05) is 60.7 Å². The van der Waals surface area contributed by atoms with Crippen LogP contribution in [-0.2, 0) is 37.1 Å². The Bertz CT molecular complexity index is 1440. The number of nitrogens with zero attached hydrogens (tertiary/aromatic N) is 3. The van der Waals surface area contributed by atoms with E-state index in [9.17, 15) is 24.0 Å². The summed E-state index contributed by atoms with van der Waals surface area (Å²) < 4.78 is 0. The third-order valence-electron chi connectivity index (χ3n) is 8.65. The van der Waals surface area contributed by atoms with Crippen LogP contribution in [0.3, 0.4) is 0 Å². The van der Waals surface area contributed by atoms with Crippen LogP contribution in [0.25, 0.3) is 0 Å². The van der Waals surface area contributed by atoms with Crippen molar-refractivity contribution in [3.8, 4) is 0 Å². The van der Waals surface area contributed by atoms with Crippen LogP contribution in [0.5, 0.6) is 0 Å². The van der Waals surface area contributed by atoms with Crippen LogP contribution in [0.4, 0.5) is 0 Å². The number of amides is 5. The maximum absolute atomic E-state index is 13.7. The minimum absolute atomic E-state index is 0.0679. The molecule has 2 saturated heterocycles. The summed E-state index contributed by atoms with van der Waals surface area (Å²) in [5, 5.41) is 9.19. The Morgan fingerprint density at radius 1 is 0.804 bits per heavy atom. The lowest BCUT2D eigenvalue weighted by Gasteiger charge is -2.34. The van der Waals surface area contributed by atoms with Crippen molar-refractivity contribution in [2.24, 2.45) is 0 Å². The maximum atomic E-state index is 13.7. The molecule has 46 heavy (non-hydrogen) atoms. The molecule has 0 bridgehead atoms. The Morgan fingerprint density at radius 2 is 1.26 bits per heavy atom. The highest BCUT2D eigenvalue weighted by molar-refractivity contribution is 5.89. The molecule has 2 aromatic rings. The smallest absolute Gasteiger partial charge is 0.245 e. The average Bonchev–Trinajstić information content (AvgIpc) is 3.42. The van der Waals surface area contributed by atoms with E-state index in [2.05, 4.69) is 22.5 Å². The topological polar surface area (TPSA) is 131 Å². The third kappa shape index (κ3) is 8.52. The van der Waals surface area contributed by atoms with Crippen molar-refractivity contribution in [3.63, 3.8) is 0 Å². The number of benzene rings is 2. The van der Waals surface area contributed by atoms with Gasteiger partial charge in [-0.25, -0.2) is 0 Å². The first-order chi connectivity index (χ1) is 21.7. The zero-order chi connectivity index (χ0) is 33.6. The summed E-state index contributed by atoms with van der Waals surface area (Å²) in [6.07, 6.45) is 0.649. The summed E-state index contributed by atoms with van der Waals surface area (Å²) in [6, 6.07) is 17.3. The van der Waals surface area contributed by atoms with Gasteiger partial charge in [0.15, 0.2) is 0 Å². The first kappa shape index (κ1) is 34.2. The Balaban J connectivity index is 1.46. The fourth-order valence-electron chi connectivity index (χ4n) is 6.23. The van der Waals surface area contributed by atoms with Crippen LogP contribution < -0.4 is 16.0 Å². The molecule has 2 fully saturated rings. The fraction of sp³-hybridized carbons (Fsp3) is 0.457. The molecule has 0 unspecified atom stereocenters. The second-order valence-corrected chi connectivity index (χ2v) is 13.0. The van der Waals surface area contributed by atoms with Gasteiger partial charge < -0.3 is 30.7 Å². The number of likely N-dealkylation sites (tertiary alicyclic amines) is 2. The summed E-state index contributed by atoms with van der Waals surface area (Å²) in [7, 11) is 3.34. The molecule has 0 aliphatic carbocycles. The molecule has 4 atom stereocenters. The lowest BCUT2D eigenvalue weighted by Crippen LogP contribution is -2.57. The molecule has 2 aliphatic rings. The highest BCUT2D eigenvalue weighted by Gasteiger charge is 2.44. The van der Waals surface area contributed by atoms with Gasteiger partial charge in [-0.1, -0.05) is 67.2 Å². The SMILES string of the molecule is C=C(C[C@@H]1[C@@H](NC(C)=O)CC(=O)N1Cc1ccccc1)NC(C)(C)C(=O)N[C@H]1CC(=O)N(Cc2ccccc2)[C@@H]1CC(=O)N(C)C. The van der Waals surface area contributed by atoms with Crippen LogP contribution in [0, 0.1) is 0 Å². The highest BCUT2D eigenvalue weighted by Crippen LogP contribution is 2.28. The van der Waals surface area contributed by atoms with E-state index < -0.39 is 23.7 Å². The average molecular weight is 631 g/mol.